The molecule has 98 valence electrons. The van der Waals surface area contributed by atoms with Crippen LogP contribution in [0.1, 0.15) is 0 Å². The molecule has 19 heavy (non-hydrogen) atoms. The normalized spacial score (nSPS) is 24.9. The SMILES string of the molecule is NC(=O)C1C=CC=CC1(Nc1ncncn1)C(N)=O. The molecule has 0 saturated carbocycles. The highest BCUT2D eigenvalue weighted by Crippen LogP contribution is 2.27. The van der Waals surface area contributed by atoms with E-state index in [4.69, 9.17) is 11.5 Å². The predicted molar refractivity (Wildman–Crippen MR) is 66.3 cm³/mol. The summed E-state index contributed by atoms with van der Waals surface area (Å²) in [6.07, 6.45) is 8.69. The monoisotopic (exact) mass is 260 g/mol. The minimum Gasteiger partial charge on any atom is -0.369 e. The lowest BCUT2D eigenvalue weighted by Gasteiger charge is -2.34. The van der Waals surface area contributed by atoms with Crippen molar-refractivity contribution in [3.05, 3.63) is 37.0 Å². The Kier molecular flexibility index (Phi) is 3.23. The van der Waals surface area contributed by atoms with E-state index >= 15 is 0 Å². The third kappa shape index (κ3) is 2.28. The summed E-state index contributed by atoms with van der Waals surface area (Å²) in [6.45, 7) is 0. The van der Waals surface area contributed by atoms with Gasteiger partial charge < -0.3 is 16.8 Å². The average molecular weight is 260 g/mol. The van der Waals surface area contributed by atoms with E-state index in [1.807, 2.05) is 0 Å². The second-order valence-electron chi connectivity index (χ2n) is 3.94. The number of carbonyl (C=O) groups is 2. The number of aromatic nitrogens is 3. The van der Waals surface area contributed by atoms with Gasteiger partial charge in [0.15, 0.2) is 5.54 Å². The lowest BCUT2D eigenvalue weighted by molar-refractivity contribution is -0.128. The van der Waals surface area contributed by atoms with Crippen molar-refractivity contribution >= 4 is 17.8 Å². The van der Waals surface area contributed by atoms with E-state index in [9.17, 15) is 9.59 Å². The number of anilines is 1. The summed E-state index contributed by atoms with van der Waals surface area (Å²) < 4.78 is 0. The third-order valence-electron chi connectivity index (χ3n) is 2.79. The largest absolute Gasteiger partial charge is 0.369 e. The maximum absolute atomic E-state index is 11.8. The van der Waals surface area contributed by atoms with Gasteiger partial charge in [-0.15, -0.1) is 0 Å². The van der Waals surface area contributed by atoms with Crippen molar-refractivity contribution in [2.24, 2.45) is 17.4 Å². The quantitative estimate of drug-likeness (QED) is 0.617. The lowest BCUT2D eigenvalue weighted by Crippen LogP contribution is -2.58. The molecule has 2 unspecified atom stereocenters. The maximum atomic E-state index is 11.8. The molecule has 2 rings (SSSR count). The van der Waals surface area contributed by atoms with Gasteiger partial charge >= 0.3 is 0 Å². The molecule has 8 nitrogen and oxygen atoms in total. The van der Waals surface area contributed by atoms with Crippen LogP contribution in [0.2, 0.25) is 0 Å². The van der Waals surface area contributed by atoms with E-state index in [2.05, 4.69) is 20.3 Å². The predicted octanol–water partition coefficient (Wildman–Crippen LogP) is -1.26. The number of carbonyl (C=O) groups excluding carboxylic acids is 2. The molecule has 2 amide bonds. The van der Waals surface area contributed by atoms with Gasteiger partial charge in [-0.3, -0.25) is 9.59 Å². The van der Waals surface area contributed by atoms with E-state index in [-0.39, 0.29) is 5.95 Å². The molecule has 8 heteroatoms. The third-order valence-corrected chi connectivity index (χ3v) is 2.79. The van der Waals surface area contributed by atoms with Crippen molar-refractivity contribution in [3.63, 3.8) is 0 Å². The van der Waals surface area contributed by atoms with Gasteiger partial charge in [0.05, 0.1) is 5.92 Å². The Labute approximate surface area is 108 Å². The van der Waals surface area contributed by atoms with Crippen molar-refractivity contribution in [1.82, 2.24) is 15.0 Å². The Hall–Kier alpha value is -2.77. The first-order valence-corrected chi connectivity index (χ1v) is 5.41. The summed E-state index contributed by atoms with van der Waals surface area (Å²) in [4.78, 5) is 34.6. The molecule has 0 fully saturated rings. The Bertz CT molecular complexity index is 556. The minimum atomic E-state index is -1.48. The number of hydrogen-bond acceptors (Lipinski definition) is 6. The second-order valence-corrected chi connectivity index (χ2v) is 3.94. The first-order chi connectivity index (χ1) is 9.06. The van der Waals surface area contributed by atoms with E-state index in [0.29, 0.717) is 0 Å². The van der Waals surface area contributed by atoms with E-state index < -0.39 is 23.3 Å². The summed E-state index contributed by atoms with van der Waals surface area (Å²) >= 11 is 0. The van der Waals surface area contributed by atoms with Gasteiger partial charge in [-0.25, -0.2) is 15.0 Å². The fraction of sp³-hybridized carbons (Fsp3) is 0.182. The minimum absolute atomic E-state index is 0.125. The molecule has 1 aliphatic rings. The molecule has 1 aliphatic carbocycles. The number of allylic oxidation sites excluding steroid dienone is 2. The molecular formula is C11H12N6O2. The highest BCUT2D eigenvalue weighted by Gasteiger charge is 2.45. The summed E-state index contributed by atoms with van der Waals surface area (Å²) in [5.41, 5.74) is 9.24. The average Bonchev–Trinajstić information content (AvgIpc) is 2.40. The van der Waals surface area contributed by atoms with Crippen LogP contribution < -0.4 is 16.8 Å². The zero-order valence-electron chi connectivity index (χ0n) is 9.85. The maximum Gasteiger partial charge on any atom is 0.248 e. The van der Waals surface area contributed by atoms with E-state index in [1.54, 1.807) is 12.2 Å². The molecule has 0 spiro atoms. The Morgan fingerprint density at radius 1 is 1.21 bits per heavy atom. The number of rotatable bonds is 4. The van der Waals surface area contributed by atoms with Gasteiger partial charge in [-0.05, 0) is 6.08 Å². The molecule has 0 radical (unpaired) electrons. The van der Waals surface area contributed by atoms with Gasteiger partial charge in [0.1, 0.15) is 12.7 Å². The van der Waals surface area contributed by atoms with E-state index in [1.165, 1.54) is 24.8 Å². The molecule has 1 heterocycles. The van der Waals surface area contributed by atoms with Crippen LogP contribution in [0.3, 0.4) is 0 Å². The fourth-order valence-electron chi connectivity index (χ4n) is 1.86. The Balaban J connectivity index is 2.42. The summed E-state index contributed by atoms with van der Waals surface area (Å²) in [7, 11) is 0. The molecular weight excluding hydrogens is 248 g/mol. The first-order valence-electron chi connectivity index (χ1n) is 5.41. The van der Waals surface area contributed by atoms with Crippen molar-refractivity contribution in [3.8, 4) is 0 Å². The van der Waals surface area contributed by atoms with Crippen LogP contribution in [0.4, 0.5) is 5.95 Å². The second kappa shape index (κ2) is 4.84. The number of nitrogens with two attached hydrogens (primary N) is 2. The topological polar surface area (TPSA) is 137 Å². The van der Waals surface area contributed by atoms with Crippen molar-refractivity contribution < 1.29 is 9.59 Å². The Morgan fingerprint density at radius 2 is 1.89 bits per heavy atom. The van der Waals surface area contributed by atoms with Crippen LogP contribution in [0, 0.1) is 5.92 Å². The van der Waals surface area contributed by atoms with Gasteiger partial charge in [-0.2, -0.15) is 0 Å². The molecule has 0 bridgehead atoms. The van der Waals surface area contributed by atoms with Crippen molar-refractivity contribution in [2.75, 3.05) is 5.32 Å². The number of amides is 2. The summed E-state index contributed by atoms with van der Waals surface area (Å²) in [6, 6.07) is 0. The molecule has 5 N–H and O–H groups in total. The van der Waals surface area contributed by atoms with Gasteiger partial charge in [0.2, 0.25) is 17.8 Å². The smallest absolute Gasteiger partial charge is 0.248 e. The first kappa shape index (κ1) is 12.7. The standard InChI is InChI=1S/C11H12N6O2/c12-8(18)7-3-1-2-4-11(7,9(13)19)17-10-15-5-14-6-16-10/h1-7H,(H2,12,18)(H2,13,19)(H,14,15,16,17). The lowest BCUT2D eigenvalue weighted by atomic mass is 9.79. The molecule has 0 saturated heterocycles. The molecule has 0 aliphatic heterocycles. The van der Waals surface area contributed by atoms with Crippen LogP contribution in [-0.4, -0.2) is 32.3 Å². The Morgan fingerprint density at radius 3 is 2.47 bits per heavy atom. The number of nitrogens with one attached hydrogen (secondary N) is 1. The van der Waals surface area contributed by atoms with Crippen LogP contribution in [-0.2, 0) is 9.59 Å². The number of primary amides is 2. The number of hydrogen-bond donors (Lipinski definition) is 3. The van der Waals surface area contributed by atoms with Crippen molar-refractivity contribution in [1.29, 1.82) is 0 Å². The summed E-state index contributed by atoms with van der Waals surface area (Å²) in [5, 5.41) is 2.75. The van der Waals surface area contributed by atoms with Crippen LogP contribution in [0.5, 0.6) is 0 Å². The van der Waals surface area contributed by atoms with Crippen molar-refractivity contribution in [2.45, 2.75) is 5.54 Å². The molecule has 1 aromatic heterocycles. The van der Waals surface area contributed by atoms with Crippen LogP contribution in [0.25, 0.3) is 0 Å². The fourth-order valence-corrected chi connectivity index (χ4v) is 1.86. The van der Waals surface area contributed by atoms with Gasteiger partial charge in [0.25, 0.3) is 0 Å². The summed E-state index contributed by atoms with van der Waals surface area (Å²) in [5.74, 6) is -2.23. The zero-order valence-corrected chi connectivity index (χ0v) is 9.85. The van der Waals surface area contributed by atoms with Crippen LogP contribution >= 0.6 is 0 Å². The molecule has 1 aromatic rings. The van der Waals surface area contributed by atoms with Gasteiger partial charge in [0, 0.05) is 0 Å². The van der Waals surface area contributed by atoms with Gasteiger partial charge in [-0.1, -0.05) is 18.2 Å². The zero-order chi connectivity index (χ0) is 13.9. The van der Waals surface area contributed by atoms with E-state index in [0.717, 1.165) is 0 Å². The highest BCUT2D eigenvalue weighted by atomic mass is 16.2. The molecule has 2 atom stereocenters. The number of nitrogens with zero attached hydrogens (tertiary/aromatic N) is 3. The van der Waals surface area contributed by atoms with Crippen LogP contribution in [0.15, 0.2) is 37.0 Å². The highest BCUT2D eigenvalue weighted by molar-refractivity contribution is 5.98. The molecule has 0 aromatic carbocycles.